The fourth-order valence-electron chi connectivity index (χ4n) is 1.88. The first kappa shape index (κ1) is 13.6. The number of aryl methyl sites for hydroxylation is 1. The molecule has 1 aromatic carbocycles. The maximum atomic E-state index is 8.77. The minimum atomic E-state index is 0.143. The average Bonchev–Trinajstić information content (AvgIpc) is 2.84. The molecule has 0 bridgehead atoms. The van der Waals surface area contributed by atoms with E-state index in [0.717, 1.165) is 17.7 Å². The summed E-state index contributed by atoms with van der Waals surface area (Å²) >= 11 is 1.71. The molecule has 5 heteroatoms. The molecule has 0 aliphatic heterocycles. The summed E-state index contributed by atoms with van der Waals surface area (Å²) in [7, 11) is 0. The zero-order chi connectivity index (χ0) is 13.7. The number of oxime groups is 1. The van der Waals surface area contributed by atoms with Crippen molar-refractivity contribution in [3.63, 3.8) is 0 Å². The number of nitrogens with two attached hydrogens (primary N) is 1. The van der Waals surface area contributed by atoms with Crippen molar-refractivity contribution in [2.75, 3.05) is 0 Å². The summed E-state index contributed by atoms with van der Waals surface area (Å²) in [4.78, 5) is 0. The monoisotopic (exact) mass is 275 g/mol. The van der Waals surface area contributed by atoms with Crippen LogP contribution in [0, 0.1) is 6.92 Å². The highest BCUT2D eigenvalue weighted by Gasteiger charge is 2.06. The molecule has 0 amide bonds. The third kappa shape index (κ3) is 3.33. The van der Waals surface area contributed by atoms with Crippen LogP contribution in [0.2, 0.25) is 0 Å². The Hall–Kier alpha value is -1.85. The molecule has 1 aromatic heterocycles. The van der Waals surface area contributed by atoms with E-state index in [-0.39, 0.29) is 5.84 Å². The van der Waals surface area contributed by atoms with E-state index in [2.05, 4.69) is 28.2 Å². The van der Waals surface area contributed by atoms with Crippen molar-refractivity contribution in [2.24, 2.45) is 10.9 Å². The Morgan fingerprint density at radius 2 is 2.00 bits per heavy atom. The van der Waals surface area contributed by atoms with Gasteiger partial charge < -0.3 is 16.3 Å². The largest absolute Gasteiger partial charge is 0.409 e. The van der Waals surface area contributed by atoms with Crippen molar-refractivity contribution in [3.05, 3.63) is 57.3 Å². The standard InChI is InChI=1S/C14H17N3OS/c1-10-8-19-9-12(10)7-16-6-11-4-2-3-5-13(11)14(15)17-18/h2-5,8-9,16,18H,6-7H2,1H3,(H2,15,17). The second-order valence-corrected chi connectivity index (χ2v) is 5.07. The van der Waals surface area contributed by atoms with E-state index in [1.165, 1.54) is 11.1 Å². The quantitative estimate of drug-likeness (QED) is 0.340. The zero-order valence-corrected chi connectivity index (χ0v) is 11.6. The van der Waals surface area contributed by atoms with Crippen molar-refractivity contribution in [3.8, 4) is 0 Å². The SMILES string of the molecule is Cc1cscc1CNCc1ccccc1C(N)=NO. The number of thiophene rings is 1. The maximum absolute atomic E-state index is 8.77. The summed E-state index contributed by atoms with van der Waals surface area (Å²) in [5, 5.41) is 19.5. The van der Waals surface area contributed by atoms with Gasteiger partial charge in [0.2, 0.25) is 0 Å². The van der Waals surface area contributed by atoms with Crippen molar-refractivity contribution >= 4 is 17.2 Å². The van der Waals surface area contributed by atoms with Gasteiger partial charge in [-0.15, -0.1) is 0 Å². The van der Waals surface area contributed by atoms with Gasteiger partial charge in [0.15, 0.2) is 5.84 Å². The van der Waals surface area contributed by atoms with Gasteiger partial charge in [-0.2, -0.15) is 11.3 Å². The highest BCUT2D eigenvalue weighted by molar-refractivity contribution is 7.08. The van der Waals surface area contributed by atoms with Gasteiger partial charge in [-0.3, -0.25) is 0 Å². The number of hydrogen-bond donors (Lipinski definition) is 3. The molecular formula is C14H17N3OS. The summed E-state index contributed by atoms with van der Waals surface area (Å²) < 4.78 is 0. The Balaban J connectivity index is 2.02. The number of benzene rings is 1. The lowest BCUT2D eigenvalue weighted by molar-refractivity contribution is 0.318. The molecule has 4 nitrogen and oxygen atoms in total. The molecule has 2 aromatic rings. The Labute approximate surface area is 116 Å². The van der Waals surface area contributed by atoms with Crippen LogP contribution >= 0.6 is 11.3 Å². The van der Waals surface area contributed by atoms with Gasteiger partial charge in [0.05, 0.1) is 0 Å². The topological polar surface area (TPSA) is 70.6 Å². The Bertz CT molecular complexity index is 578. The lowest BCUT2D eigenvalue weighted by atomic mass is 10.1. The number of nitrogens with one attached hydrogen (secondary N) is 1. The molecular weight excluding hydrogens is 258 g/mol. The first-order valence-electron chi connectivity index (χ1n) is 6.00. The van der Waals surface area contributed by atoms with Gasteiger partial charge in [-0.05, 0) is 34.4 Å². The van der Waals surface area contributed by atoms with E-state index in [4.69, 9.17) is 10.9 Å². The predicted octanol–water partition coefficient (Wildman–Crippen LogP) is 2.44. The van der Waals surface area contributed by atoms with Crippen LogP contribution in [0.5, 0.6) is 0 Å². The van der Waals surface area contributed by atoms with Gasteiger partial charge in [0.25, 0.3) is 0 Å². The second-order valence-electron chi connectivity index (χ2n) is 4.33. The van der Waals surface area contributed by atoms with Crippen LogP contribution in [0.4, 0.5) is 0 Å². The van der Waals surface area contributed by atoms with Crippen LogP contribution in [-0.2, 0) is 13.1 Å². The third-order valence-corrected chi connectivity index (χ3v) is 3.90. The number of rotatable bonds is 5. The molecule has 100 valence electrons. The molecule has 0 saturated carbocycles. The van der Waals surface area contributed by atoms with Gasteiger partial charge in [0.1, 0.15) is 0 Å². The van der Waals surface area contributed by atoms with Crippen LogP contribution < -0.4 is 11.1 Å². The van der Waals surface area contributed by atoms with E-state index >= 15 is 0 Å². The van der Waals surface area contributed by atoms with Crippen LogP contribution in [0.15, 0.2) is 40.2 Å². The fraction of sp³-hybridized carbons (Fsp3) is 0.214. The molecule has 2 rings (SSSR count). The molecule has 0 spiro atoms. The minimum absolute atomic E-state index is 0.143. The Morgan fingerprint density at radius 3 is 2.68 bits per heavy atom. The molecule has 4 N–H and O–H groups in total. The van der Waals surface area contributed by atoms with Crippen molar-refractivity contribution in [1.82, 2.24) is 5.32 Å². The van der Waals surface area contributed by atoms with Crippen LogP contribution in [-0.4, -0.2) is 11.0 Å². The smallest absolute Gasteiger partial charge is 0.170 e. The fourth-order valence-corrected chi connectivity index (χ4v) is 2.74. The van der Waals surface area contributed by atoms with E-state index < -0.39 is 0 Å². The molecule has 0 saturated heterocycles. The summed E-state index contributed by atoms with van der Waals surface area (Å²) in [6, 6.07) is 7.64. The van der Waals surface area contributed by atoms with Crippen molar-refractivity contribution in [2.45, 2.75) is 20.0 Å². The number of hydrogen-bond acceptors (Lipinski definition) is 4. The summed E-state index contributed by atoms with van der Waals surface area (Å²) in [5.41, 5.74) is 10.1. The van der Waals surface area contributed by atoms with E-state index in [1.54, 1.807) is 11.3 Å². The van der Waals surface area contributed by atoms with E-state index in [1.807, 2.05) is 24.3 Å². The minimum Gasteiger partial charge on any atom is -0.409 e. The first-order chi connectivity index (χ1) is 9.22. The lowest BCUT2D eigenvalue weighted by Gasteiger charge is -2.09. The summed E-state index contributed by atoms with van der Waals surface area (Å²) in [5.74, 6) is 0.143. The first-order valence-corrected chi connectivity index (χ1v) is 6.95. The van der Waals surface area contributed by atoms with E-state index in [0.29, 0.717) is 6.54 Å². The van der Waals surface area contributed by atoms with Crippen molar-refractivity contribution in [1.29, 1.82) is 0 Å². The predicted molar refractivity (Wildman–Crippen MR) is 78.6 cm³/mol. The molecule has 0 atom stereocenters. The number of amidine groups is 1. The van der Waals surface area contributed by atoms with Crippen LogP contribution in [0.25, 0.3) is 0 Å². The van der Waals surface area contributed by atoms with Gasteiger partial charge >= 0.3 is 0 Å². The Morgan fingerprint density at radius 1 is 1.26 bits per heavy atom. The molecule has 1 heterocycles. The molecule has 0 aliphatic rings. The van der Waals surface area contributed by atoms with Crippen LogP contribution in [0.1, 0.15) is 22.3 Å². The normalized spacial score (nSPS) is 11.7. The molecule has 19 heavy (non-hydrogen) atoms. The number of nitrogens with zero attached hydrogens (tertiary/aromatic N) is 1. The van der Waals surface area contributed by atoms with Crippen molar-refractivity contribution < 1.29 is 5.21 Å². The molecule has 0 unspecified atom stereocenters. The third-order valence-electron chi connectivity index (χ3n) is 2.99. The highest BCUT2D eigenvalue weighted by atomic mass is 32.1. The second kappa shape index (κ2) is 6.36. The Kier molecular flexibility index (Phi) is 4.54. The van der Waals surface area contributed by atoms with Gasteiger partial charge in [0, 0.05) is 18.7 Å². The molecule has 0 aliphatic carbocycles. The molecule has 0 fully saturated rings. The van der Waals surface area contributed by atoms with Gasteiger partial charge in [-0.25, -0.2) is 0 Å². The summed E-state index contributed by atoms with van der Waals surface area (Å²) in [6.45, 7) is 3.61. The van der Waals surface area contributed by atoms with Crippen LogP contribution in [0.3, 0.4) is 0 Å². The lowest BCUT2D eigenvalue weighted by Crippen LogP contribution is -2.19. The van der Waals surface area contributed by atoms with Gasteiger partial charge in [-0.1, -0.05) is 29.4 Å². The molecule has 0 radical (unpaired) electrons. The maximum Gasteiger partial charge on any atom is 0.170 e. The van der Waals surface area contributed by atoms with E-state index in [9.17, 15) is 0 Å². The average molecular weight is 275 g/mol. The zero-order valence-electron chi connectivity index (χ0n) is 10.8. The summed E-state index contributed by atoms with van der Waals surface area (Å²) in [6.07, 6.45) is 0. The highest BCUT2D eigenvalue weighted by Crippen LogP contribution is 2.14.